The van der Waals surface area contributed by atoms with E-state index in [1.165, 1.54) is 6.07 Å². The molecule has 0 atom stereocenters. The monoisotopic (exact) mass is 276 g/mol. The van der Waals surface area contributed by atoms with Crippen molar-refractivity contribution in [2.45, 2.75) is 39.9 Å². The van der Waals surface area contributed by atoms with Crippen molar-refractivity contribution >= 4 is 14.0 Å². The van der Waals surface area contributed by atoms with Crippen molar-refractivity contribution in [3.63, 3.8) is 0 Å². The van der Waals surface area contributed by atoms with Crippen LogP contribution in [0, 0.1) is 11.6 Å². The van der Waals surface area contributed by atoms with E-state index in [0.29, 0.717) is 0 Å². The molecule has 0 saturated heterocycles. The maximum absolute atomic E-state index is 13.2. The first kappa shape index (κ1) is 15.2. The number of hydrogen-bond acceptors (Lipinski definition) is 3. The van der Waals surface area contributed by atoms with Gasteiger partial charge in [-0.15, -0.1) is 0 Å². The van der Waals surface area contributed by atoms with E-state index < -0.39 is 20.4 Å². The number of rotatable bonds is 5. The Balaban J connectivity index is 3.11. The summed E-state index contributed by atoms with van der Waals surface area (Å²) in [5.74, 6) is -2.00. The highest BCUT2D eigenvalue weighted by Crippen LogP contribution is 2.13. The molecule has 0 heterocycles. The first-order chi connectivity index (χ1) is 8.24. The maximum Gasteiger partial charge on any atom is 0.535 e. The Hall–Kier alpha value is -0.823. The SMILES string of the molecule is CC(C)O[Si](O)(OC(C)C)c1ccc(F)c(F)c1. The largest absolute Gasteiger partial charge is 0.535 e. The van der Waals surface area contributed by atoms with Gasteiger partial charge >= 0.3 is 8.80 Å². The second kappa shape index (κ2) is 5.88. The van der Waals surface area contributed by atoms with Crippen LogP contribution >= 0.6 is 0 Å². The summed E-state index contributed by atoms with van der Waals surface area (Å²) < 4.78 is 36.9. The Morgan fingerprint density at radius 2 is 1.50 bits per heavy atom. The minimum absolute atomic E-state index is 0.156. The molecule has 0 radical (unpaired) electrons. The average Bonchev–Trinajstić information content (AvgIpc) is 2.19. The molecule has 6 heteroatoms. The summed E-state index contributed by atoms with van der Waals surface area (Å²) in [5.41, 5.74) is 0. The minimum Gasteiger partial charge on any atom is -0.386 e. The third kappa shape index (κ3) is 3.84. The van der Waals surface area contributed by atoms with Crippen molar-refractivity contribution < 1.29 is 22.4 Å². The van der Waals surface area contributed by atoms with Gasteiger partial charge in [0, 0.05) is 17.4 Å². The second-order valence-corrected chi connectivity index (χ2v) is 6.76. The van der Waals surface area contributed by atoms with Crippen molar-refractivity contribution in [1.29, 1.82) is 0 Å². The fourth-order valence-electron chi connectivity index (χ4n) is 1.50. The molecule has 0 unspecified atom stereocenters. The normalized spacial score (nSPS) is 12.5. The van der Waals surface area contributed by atoms with E-state index in [-0.39, 0.29) is 17.4 Å². The Morgan fingerprint density at radius 3 is 1.89 bits per heavy atom. The molecule has 1 aromatic rings. The van der Waals surface area contributed by atoms with Gasteiger partial charge in [0.15, 0.2) is 11.6 Å². The van der Waals surface area contributed by atoms with Crippen LogP contribution in [0.3, 0.4) is 0 Å². The van der Waals surface area contributed by atoms with Crippen LogP contribution in [-0.2, 0) is 8.85 Å². The molecule has 1 rings (SSSR count). The number of halogens is 2. The average molecular weight is 276 g/mol. The van der Waals surface area contributed by atoms with Crippen molar-refractivity contribution in [2.24, 2.45) is 0 Å². The standard InChI is InChI=1S/C12H18F2O3Si/c1-8(2)16-18(15,17-9(3)4)10-5-6-11(13)12(14)7-10/h5-9,15H,1-4H3. The molecule has 0 amide bonds. The van der Waals surface area contributed by atoms with Crippen LogP contribution in [-0.4, -0.2) is 25.8 Å². The molecule has 0 saturated carbocycles. The summed E-state index contributed by atoms with van der Waals surface area (Å²) in [4.78, 5) is 10.4. The molecule has 0 aliphatic rings. The van der Waals surface area contributed by atoms with Gasteiger partial charge in [-0.2, -0.15) is 0 Å². The van der Waals surface area contributed by atoms with Crippen LogP contribution in [0.25, 0.3) is 0 Å². The molecular weight excluding hydrogens is 258 g/mol. The Morgan fingerprint density at radius 1 is 1.00 bits per heavy atom. The van der Waals surface area contributed by atoms with E-state index in [1.54, 1.807) is 27.7 Å². The Bertz CT molecular complexity index is 400. The van der Waals surface area contributed by atoms with E-state index in [9.17, 15) is 13.6 Å². The van der Waals surface area contributed by atoms with Crippen LogP contribution in [0.15, 0.2) is 18.2 Å². The van der Waals surface area contributed by atoms with Gasteiger partial charge in [-0.25, -0.2) is 8.78 Å². The zero-order chi connectivity index (χ0) is 13.9. The lowest BCUT2D eigenvalue weighted by molar-refractivity contribution is 0.0604. The predicted octanol–water partition coefficient (Wildman–Crippen LogP) is 1.95. The number of hydrogen-bond donors (Lipinski definition) is 1. The minimum atomic E-state index is -3.71. The molecule has 1 N–H and O–H groups in total. The van der Waals surface area contributed by atoms with Gasteiger partial charge in [0.05, 0.1) is 0 Å². The summed E-state index contributed by atoms with van der Waals surface area (Å²) in [7, 11) is -3.71. The lowest BCUT2D eigenvalue weighted by Crippen LogP contribution is -2.57. The van der Waals surface area contributed by atoms with Crippen LogP contribution in [0.5, 0.6) is 0 Å². The van der Waals surface area contributed by atoms with E-state index in [0.717, 1.165) is 12.1 Å². The molecular formula is C12H18F2O3Si. The summed E-state index contributed by atoms with van der Waals surface area (Å²) >= 11 is 0. The first-order valence-electron chi connectivity index (χ1n) is 5.78. The molecule has 1 aromatic carbocycles. The topological polar surface area (TPSA) is 38.7 Å². The highest BCUT2D eigenvalue weighted by atomic mass is 28.4. The molecule has 0 fully saturated rings. The number of benzene rings is 1. The van der Waals surface area contributed by atoms with Crippen molar-refractivity contribution in [1.82, 2.24) is 0 Å². The zero-order valence-electron chi connectivity index (χ0n) is 10.9. The van der Waals surface area contributed by atoms with Gasteiger partial charge in [0.1, 0.15) is 0 Å². The molecule has 102 valence electrons. The summed E-state index contributed by atoms with van der Waals surface area (Å²) in [6.07, 6.45) is -0.568. The highest BCUT2D eigenvalue weighted by molar-refractivity contribution is 6.74. The van der Waals surface area contributed by atoms with Crippen molar-refractivity contribution in [2.75, 3.05) is 0 Å². The van der Waals surface area contributed by atoms with Crippen molar-refractivity contribution in [3.8, 4) is 0 Å². The molecule has 0 aliphatic carbocycles. The molecule has 0 spiro atoms. The van der Waals surface area contributed by atoms with Gasteiger partial charge in [-0.1, -0.05) is 6.07 Å². The summed E-state index contributed by atoms with van der Waals surface area (Å²) in [6.45, 7) is 6.95. The lowest BCUT2D eigenvalue weighted by Gasteiger charge is -2.28. The van der Waals surface area contributed by atoms with Gasteiger partial charge in [-0.05, 0) is 39.8 Å². The molecule has 0 bridgehead atoms. The molecule has 18 heavy (non-hydrogen) atoms. The lowest BCUT2D eigenvalue weighted by atomic mass is 10.3. The van der Waals surface area contributed by atoms with E-state index in [2.05, 4.69) is 0 Å². The molecule has 3 nitrogen and oxygen atoms in total. The summed E-state index contributed by atoms with van der Waals surface area (Å²) in [6, 6.07) is 3.16. The zero-order valence-corrected chi connectivity index (χ0v) is 11.9. The van der Waals surface area contributed by atoms with Gasteiger partial charge in [-0.3, -0.25) is 0 Å². The van der Waals surface area contributed by atoms with Crippen LogP contribution in [0.1, 0.15) is 27.7 Å². The fraction of sp³-hybridized carbons (Fsp3) is 0.500. The Labute approximate surface area is 107 Å². The third-order valence-corrected chi connectivity index (χ3v) is 4.70. The van der Waals surface area contributed by atoms with Crippen LogP contribution in [0.2, 0.25) is 0 Å². The van der Waals surface area contributed by atoms with Gasteiger partial charge < -0.3 is 13.6 Å². The maximum atomic E-state index is 13.2. The quantitative estimate of drug-likeness (QED) is 0.836. The highest BCUT2D eigenvalue weighted by Gasteiger charge is 2.42. The van der Waals surface area contributed by atoms with E-state index in [1.807, 2.05) is 0 Å². The van der Waals surface area contributed by atoms with E-state index >= 15 is 0 Å². The van der Waals surface area contributed by atoms with Crippen LogP contribution in [0.4, 0.5) is 8.78 Å². The molecule has 0 aromatic heterocycles. The van der Waals surface area contributed by atoms with Crippen molar-refractivity contribution in [3.05, 3.63) is 29.8 Å². The van der Waals surface area contributed by atoms with Gasteiger partial charge in [0.25, 0.3) is 0 Å². The summed E-state index contributed by atoms with van der Waals surface area (Å²) in [5, 5.41) is 0.156. The third-order valence-electron chi connectivity index (χ3n) is 2.08. The Kier molecular flexibility index (Phi) is 4.98. The van der Waals surface area contributed by atoms with E-state index in [4.69, 9.17) is 8.85 Å². The molecule has 0 aliphatic heterocycles. The smallest absolute Gasteiger partial charge is 0.386 e. The van der Waals surface area contributed by atoms with Gasteiger partial charge in [0.2, 0.25) is 0 Å². The fourth-order valence-corrected chi connectivity index (χ4v) is 3.70. The predicted molar refractivity (Wildman–Crippen MR) is 66.4 cm³/mol. The second-order valence-electron chi connectivity index (χ2n) is 4.54. The first-order valence-corrected chi connectivity index (χ1v) is 7.54. The van der Waals surface area contributed by atoms with Crippen LogP contribution < -0.4 is 5.19 Å².